The first-order valence-electron chi connectivity index (χ1n) is 10.9. The van der Waals surface area contributed by atoms with Crippen LogP contribution in [0.2, 0.25) is 10.0 Å². The molecule has 0 saturated heterocycles. The predicted molar refractivity (Wildman–Crippen MR) is 134 cm³/mol. The van der Waals surface area contributed by atoms with Gasteiger partial charge in [-0.15, -0.1) is 0 Å². The van der Waals surface area contributed by atoms with Gasteiger partial charge in [-0.05, 0) is 68.7 Å². The Kier molecular flexibility index (Phi) is 10.1. The van der Waals surface area contributed by atoms with Gasteiger partial charge < -0.3 is 9.47 Å². The maximum absolute atomic E-state index is 13.1. The minimum Gasteiger partial charge on any atom is -0.492 e. The van der Waals surface area contributed by atoms with Crippen molar-refractivity contribution in [2.24, 2.45) is 0 Å². The summed E-state index contributed by atoms with van der Waals surface area (Å²) >= 11 is 12.2. The average Bonchev–Trinajstić information content (AvgIpc) is 2.73. The van der Waals surface area contributed by atoms with Gasteiger partial charge in [0, 0.05) is 11.4 Å². The molecule has 2 amide bonds. The Morgan fingerprint density at radius 1 is 1.03 bits per heavy atom. The second kappa shape index (κ2) is 12.6. The third kappa shape index (κ3) is 9.20. The number of hydrogen-bond donors (Lipinski definition) is 1. The molecular weight excluding hydrogens is 477 g/mol. The van der Waals surface area contributed by atoms with Crippen LogP contribution >= 0.6 is 23.2 Å². The molecule has 2 aromatic rings. The van der Waals surface area contributed by atoms with Crippen molar-refractivity contribution in [2.75, 3.05) is 6.61 Å². The molecule has 0 atom stereocenters. The lowest BCUT2D eigenvalue weighted by Gasteiger charge is -2.19. The minimum absolute atomic E-state index is 0.0588. The maximum atomic E-state index is 13.1. The molecule has 2 rings (SSSR count). The van der Waals surface area contributed by atoms with Crippen LogP contribution in [0, 0.1) is 0 Å². The molecule has 1 N–H and O–H groups in total. The number of ether oxygens (including phenoxy) is 2. The third-order valence-electron chi connectivity index (χ3n) is 4.46. The normalized spacial score (nSPS) is 11.6. The fourth-order valence-electron chi connectivity index (χ4n) is 2.84. The summed E-state index contributed by atoms with van der Waals surface area (Å²) in [6.45, 7) is 7.61. The lowest BCUT2D eigenvalue weighted by molar-refractivity contribution is -0.121. The van der Waals surface area contributed by atoms with Gasteiger partial charge in [-0.1, -0.05) is 54.7 Å². The quantitative estimate of drug-likeness (QED) is 0.184. The number of carbonyl (C=O) groups is 3. The van der Waals surface area contributed by atoms with Crippen LogP contribution in [0.15, 0.2) is 48.0 Å². The second-order valence-corrected chi connectivity index (χ2v) is 9.48. The van der Waals surface area contributed by atoms with Crippen molar-refractivity contribution in [3.63, 3.8) is 0 Å². The van der Waals surface area contributed by atoms with Gasteiger partial charge in [0.15, 0.2) is 5.78 Å². The number of Topliss-reactive ketones (excluding diaryl/α,β-unsaturated/α-hetero) is 1. The number of imide groups is 1. The predicted octanol–water partition coefficient (Wildman–Crippen LogP) is 6.42. The van der Waals surface area contributed by atoms with Gasteiger partial charge in [0.25, 0.3) is 5.91 Å². The number of alkyl carbamates (subject to hydrolysis) is 1. The topological polar surface area (TPSA) is 81.7 Å². The van der Waals surface area contributed by atoms with E-state index in [-0.39, 0.29) is 12.0 Å². The number of carbonyl (C=O) groups excluding carboxylic acids is 3. The highest BCUT2D eigenvalue weighted by molar-refractivity contribution is 6.32. The van der Waals surface area contributed by atoms with E-state index >= 15 is 0 Å². The summed E-state index contributed by atoms with van der Waals surface area (Å²) in [7, 11) is 0. The SMILES string of the molecule is CCCCOc1ccc(C=C(C(=O)Cc2ccc(Cl)cc2)C(=O)NC(=O)OC(C)(C)C)cc1Cl. The van der Waals surface area contributed by atoms with E-state index in [4.69, 9.17) is 32.7 Å². The Balaban J connectivity index is 2.31. The minimum atomic E-state index is -0.944. The van der Waals surface area contributed by atoms with Crippen molar-refractivity contribution >= 4 is 47.1 Å². The standard InChI is InChI=1S/C26H29Cl2NO5/c1-5-6-13-33-23-12-9-18(15-21(23)28)14-20(24(31)29-25(32)34-26(2,3)4)22(30)16-17-7-10-19(27)11-8-17/h7-12,14-15H,5-6,13,16H2,1-4H3,(H,29,31,32). The number of unbranched alkanes of at least 4 members (excludes halogenated alkanes) is 1. The van der Waals surface area contributed by atoms with Crippen molar-refractivity contribution in [2.45, 2.75) is 52.6 Å². The van der Waals surface area contributed by atoms with Gasteiger partial charge in [-0.3, -0.25) is 14.9 Å². The van der Waals surface area contributed by atoms with Crippen LogP contribution in [0.4, 0.5) is 4.79 Å². The van der Waals surface area contributed by atoms with Gasteiger partial charge in [0.2, 0.25) is 0 Å². The van der Waals surface area contributed by atoms with Crippen LogP contribution in [0.25, 0.3) is 6.08 Å². The monoisotopic (exact) mass is 505 g/mol. The fraction of sp³-hybridized carbons (Fsp3) is 0.346. The van der Waals surface area contributed by atoms with Gasteiger partial charge in [0.05, 0.1) is 17.2 Å². The van der Waals surface area contributed by atoms with Crippen LogP contribution in [0.3, 0.4) is 0 Å². The Hall–Kier alpha value is -2.83. The molecule has 0 saturated carbocycles. The number of rotatable bonds is 9. The first-order chi connectivity index (χ1) is 16.0. The van der Waals surface area contributed by atoms with Crippen LogP contribution in [0.5, 0.6) is 5.75 Å². The Morgan fingerprint density at radius 3 is 2.29 bits per heavy atom. The van der Waals surface area contributed by atoms with Crippen LogP contribution in [-0.4, -0.2) is 30.0 Å². The first-order valence-corrected chi connectivity index (χ1v) is 11.7. The van der Waals surface area contributed by atoms with Crippen molar-refractivity contribution in [1.29, 1.82) is 0 Å². The average molecular weight is 506 g/mol. The highest BCUT2D eigenvalue weighted by Gasteiger charge is 2.24. The molecule has 0 aliphatic heterocycles. The highest BCUT2D eigenvalue weighted by Crippen LogP contribution is 2.27. The third-order valence-corrected chi connectivity index (χ3v) is 5.01. The van der Waals surface area contributed by atoms with Crippen molar-refractivity contribution in [1.82, 2.24) is 5.32 Å². The van der Waals surface area contributed by atoms with E-state index in [1.165, 1.54) is 6.08 Å². The molecular formula is C26H29Cl2NO5. The lowest BCUT2D eigenvalue weighted by Crippen LogP contribution is -2.38. The summed E-state index contributed by atoms with van der Waals surface area (Å²) in [5.41, 5.74) is 0.161. The summed E-state index contributed by atoms with van der Waals surface area (Å²) in [4.78, 5) is 38.1. The van der Waals surface area contributed by atoms with Crippen molar-refractivity contribution in [3.05, 3.63) is 69.2 Å². The first kappa shape index (κ1) is 27.4. The molecule has 0 fully saturated rings. The number of benzene rings is 2. The summed E-state index contributed by atoms with van der Waals surface area (Å²) in [6, 6.07) is 11.7. The van der Waals surface area contributed by atoms with Crippen LogP contribution in [-0.2, 0) is 20.7 Å². The van der Waals surface area contributed by atoms with E-state index in [2.05, 4.69) is 12.2 Å². The second-order valence-electron chi connectivity index (χ2n) is 8.63. The van der Waals surface area contributed by atoms with Crippen molar-refractivity contribution < 1.29 is 23.9 Å². The summed E-state index contributed by atoms with van der Waals surface area (Å²) in [6.07, 6.45) is 2.27. The molecule has 34 heavy (non-hydrogen) atoms. The van der Waals surface area contributed by atoms with Crippen LogP contribution < -0.4 is 10.1 Å². The van der Waals surface area contributed by atoms with E-state index in [1.54, 1.807) is 63.2 Å². The Bertz CT molecular complexity index is 1060. The molecule has 8 heteroatoms. The van der Waals surface area contributed by atoms with Crippen molar-refractivity contribution in [3.8, 4) is 5.75 Å². The smallest absolute Gasteiger partial charge is 0.414 e. The molecule has 0 aromatic heterocycles. The Labute approximate surface area is 210 Å². The largest absolute Gasteiger partial charge is 0.492 e. The number of amides is 2. The number of nitrogens with one attached hydrogen (secondary N) is 1. The molecule has 2 aromatic carbocycles. The fourth-order valence-corrected chi connectivity index (χ4v) is 3.21. The molecule has 0 bridgehead atoms. The molecule has 0 spiro atoms. The van der Waals surface area contributed by atoms with Gasteiger partial charge in [0.1, 0.15) is 11.4 Å². The van der Waals surface area contributed by atoms with E-state index in [1.807, 2.05) is 0 Å². The number of ketones is 1. The van der Waals surface area contributed by atoms with Gasteiger partial charge >= 0.3 is 6.09 Å². The van der Waals surface area contributed by atoms with E-state index in [9.17, 15) is 14.4 Å². The maximum Gasteiger partial charge on any atom is 0.414 e. The van der Waals surface area contributed by atoms with Gasteiger partial charge in [-0.25, -0.2) is 4.79 Å². The highest BCUT2D eigenvalue weighted by atomic mass is 35.5. The zero-order chi connectivity index (χ0) is 25.3. The molecule has 0 aliphatic rings. The zero-order valence-corrected chi connectivity index (χ0v) is 21.3. The van der Waals surface area contributed by atoms with E-state index < -0.39 is 23.4 Å². The lowest BCUT2D eigenvalue weighted by atomic mass is 10.00. The molecule has 6 nitrogen and oxygen atoms in total. The molecule has 0 aliphatic carbocycles. The van der Waals surface area contributed by atoms with Crippen LogP contribution in [0.1, 0.15) is 51.7 Å². The molecule has 0 unspecified atom stereocenters. The summed E-state index contributed by atoms with van der Waals surface area (Å²) < 4.78 is 10.8. The van der Waals surface area contributed by atoms with Gasteiger partial charge in [-0.2, -0.15) is 0 Å². The Morgan fingerprint density at radius 2 is 1.71 bits per heavy atom. The van der Waals surface area contributed by atoms with E-state index in [0.717, 1.165) is 12.8 Å². The van der Waals surface area contributed by atoms with E-state index in [0.29, 0.717) is 33.5 Å². The molecule has 0 radical (unpaired) electrons. The zero-order valence-electron chi connectivity index (χ0n) is 19.7. The summed E-state index contributed by atoms with van der Waals surface area (Å²) in [5, 5.41) is 3.01. The molecule has 0 heterocycles. The molecule has 182 valence electrons. The summed E-state index contributed by atoms with van der Waals surface area (Å²) in [5.74, 6) is -0.838. The number of hydrogen-bond acceptors (Lipinski definition) is 5. The number of halogens is 2.